The van der Waals surface area contributed by atoms with Crippen molar-refractivity contribution in [2.45, 2.75) is 45.7 Å². The van der Waals surface area contributed by atoms with Crippen LogP contribution in [0.1, 0.15) is 45.3 Å². The zero-order chi connectivity index (χ0) is 14.5. The molecule has 0 aromatic carbocycles. The summed E-state index contributed by atoms with van der Waals surface area (Å²) < 4.78 is 0. The second-order valence-corrected chi connectivity index (χ2v) is 5.74. The average Bonchev–Trinajstić information content (AvgIpc) is 2.53. The molecule has 1 aromatic heterocycles. The zero-order valence-corrected chi connectivity index (χ0v) is 13.0. The molecule has 1 unspecified atom stereocenters. The van der Waals surface area contributed by atoms with E-state index in [1.165, 1.54) is 12.1 Å². The van der Waals surface area contributed by atoms with Gasteiger partial charge in [-0.3, -0.25) is 9.88 Å². The van der Waals surface area contributed by atoms with Crippen LogP contribution >= 0.6 is 0 Å². The predicted molar refractivity (Wildman–Crippen MR) is 85.0 cm³/mol. The Labute approximate surface area is 123 Å². The van der Waals surface area contributed by atoms with E-state index in [-0.39, 0.29) is 6.04 Å². The predicted octanol–water partition coefficient (Wildman–Crippen LogP) is 2.41. The molecule has 1 fully saturated rings. The van der Waals surface area contributed by atoms with Crippen molar-refractivity contribution in [3.05, 3.63) is 24.0 Å². The van der Waals surface area contributed by atoms with Gasteiger partial charge < -0.3 is 10.6 Å². The Morgan fingerprint density at radius 1 is 1.15 bits per heavy atom. The molecule has 2 heterocycles. The Hall–Kier alpha value is -1.13. The summed E-state index contributed by atoms with van der Waals surface area (Å²) in [6, 6.07) is 4.99. The fourth-order valence-electron chi connectivity index (χ4n) is 2.69. The van der Waals surface area contributed by atoms with Crippen LogP contribution in [0, 0.1) is 0 Å². The highest BCUT2D eigenvalue weighted by Crippen LogP contribution is 2.19. The monoisotopic (exact) mass is 276 g/mol. The van der Waals surface area contributed by atoms with Crippen molar-refractivity contribution in [1.29, 1.82) is 0 Å². The number of rotatable bonds is 5. The van der Waals surface area contributed by atoms with E-state index in [0.717, 1.165) is 38.3 Å². The third-order valence-electron chi connectivity index (χ3n) is 4.48. The quantitative estimate of drug-likeness (QED) is 0.897. The number of aromatic nitrogens is 1. The fourth-order valence-corrected chi connectivity index (χ4v) is 2.69. The molecule has 2 rings (SSSR count). The molecule has 2 N–H and O–H groups in total. The number of pyridine rings is 1. The SMILES string of the molecule is CCC(C)N1CCN(c2ccc([C@@H](N)CC)nc2)CC1. The highest BCUT2D eigenvalue weighted by atomic mass is 15.3. The third-order valence-corrected chi connectivity index (χ3v) is 4.48. The topological polar surface area (TPSA) is 45.4 Å². The van der Waals surface area contributed by atoms with Crippen LogP contribution in [0.15, 0.2) is 18.3 Å². The molecular formula is C16H28N4. The zero-order valence-electron chi connectivity index (χ0n) is 13.0. The largest absolute Gasteiger partial charge is 0.368 e. The fraction of sp³-hybridized carbons (Fsp3) is 0.688. The van der Waals surface area contributed by atoms with Gasteiger partial charge in [-0.25, -0.2) is 0 Å². The van der Waals surface area contributed by atoms with Crippen LogP contribution < -0.4 is 10.6 Å². The van der Waals surface area contributed by atoms with Gasteiger partial charge in [-0.15, -0.1) is 0 Å². The van der Waals surface area contributed by atoms with Crippen molar-refractivity contribution in [1.82, 2.24) is 9.88 Å². The van der Waals surface area contributed by atoms with Crippen LogP contribution in [-0.4, -0.2) is 42.1 Å². The molecule has 4 heteroatoms. The first-order chi connectivity index (χ1) is 9.65. The Bertz CT molecular complexity index is 395. The van der Waals surface area contributed by atoms with Gasteiger partial charge in [0.2, 0.25) is 0 Å². The van der Waals surface area contributed by atoms with Crippen LogP contribution in [0.25, 0.3) is 0 Å². The minimum Gasteiger partial charge on any atom is -0.368 e. The maximum atomic E-state index is 6.01. The van der Waals surface area contributed by atoms with E-state index in [9.17, 15) is 0 Å². The molecule has 0 radical (unpaired) electrons. The maximum Gasteiger partial charge on any atom is 0.0572 e. The molecular weight excluding hydrogens is 248 g/mol. The molecule has 2 atom stereocenters. The van der Waals surface area contributed by atoms with E-state index >= 15 is 0 Å². The summed E-state index contributed by atoms with van der Waals surface area (Å²) in [5.74, 6) is 0. The molecule has 0 aliphatic carbocycles. The highest BCUT2D eigenvalue weighted by molar-refractivity contribution is 5.45. The summed E-state index contributed by atoms with van der Waals surface area (Å²) in [5, 5.41) is 0. The lowest BCUT2D eigenvalue weighted by molar-refractivity contribution is 0.193. The number of hydrogen-bond donors (Lipinski definition) is 1. The molecule has 0 bridgehead atoms. The maximum absolute atomic E-state index is 6.01. The van der Waals surface area contributed by atoms with Gasteiger partial charge in [-0.1, -0.05) is 13.8 Å². The smallest absolute Gasteiger partial charge is 0.0572 e. The van der Waals surface area contributed by atoms with Crippen LogP contribution in [0.3, 0.4) is 0 Å². The molecule has 1 aliphatic rings. The van der Waals surface area contributed by atoms with E-state index in [4.69, 9.17) is 5.73 Å². The second-order valence-electron chi connectivity index (χ2n) is 5.74. The van der Waals surface area contributed by atoms with Crippen molar-refractivity contribution in [3.8, 4) is 0 Å². The first-order valence-corrected chi connectivity index (χ1v) is 7.86. The van der Waals surface area contributed by atoms with Gasteiger partial charge in [0.05, 0.1) is 17.6 Å². The minimum atomic E-state index is 0.0614. The van der Waals surface area contributed by atoms with Crippen LogP contribution in [0.2, 0.25) is 0 Å². The molecule has 20 heavy (non-hydrogen) atoms. The van der Waals surface area contributed by atoms with Gasteiger partial charge in [-0.05, 0) is 31.9 Å². The number of hydrogen-bond acceptors (Lipinski definition) is 4. The first-order valence-electron chi connectivity index (χ1n) is 7.86. The van der Waals surface area contributed by atoms with Gasteiger partial charge in [-0.2, -0.15) is 0 Å². The summed E-state index contributed by atoms with van der Waals surface area (Å²) in [7, 11) is 0. The lowest BCUT2D eigenvalue weighted by Gasteiger charge is -2.38. The van der Waals surface area contributed by atoms with Crippen LogP contribution in [-0.2, 0) is 0 Å². The van der Waals surface area contributed by atoms with E-state index in [1.54, 1.807) is 0 Å². The minimum absolute atomic E-state index is 0.0614. The van der Waals surface area contributed by atoms with Crippen molar-refractivity contribution < 1.29 is 0 Å². The molecule has 1 saturated heterocycles. The summed E-state index contributed by atoms with van der Waals surface area (Å²) in [6.45, 7) is 11.1. The molecule has 1 aromatic rings. The van der Waals surface area contributed by atoms with E-state index in [2.05, 4.69) is 47.7 Å². The number of piperazine rings is 1. The first kappa shape index (κ1) is 15.3. The average molecular weight is 276 g/mol. The molecule has 4 nitrogen and oxygen atoms in total. The summed E-state index contributed by atoms with van der Waals surface area (Å²) in [6.07, 6.45) is 4.13. The molecule has 1 aliphatic heterocycles. The standard InChI is InChI=1S/C16H28N4/c1-4-13(3)19-8-10-20(11-9-19)14-6-7-16(18-12-14)15(17)5-2/h6-7,12-13,15H,4-5,8-11,17H2,1-3H3/t13?,15-/m0/s1. The lowest BCUT2D eigenvalue weighted by atomic mass is 10.1. The van der Waals surface area contributed by atoms with Crippen molar-refractivity contribution in [3.63, 3.8) is 0 Å². The van der Waals surface area contributed by atoms with E-state index < -0.39 is 0 Å². The van der Waals surface area contributed by atoms with Gasteiger partial charge in [0.25, 0.3) is 0 Å². The van der Waals surface area contributed by atoms with Gasteiger partial charge in [0, 0.05) is 38.3 Å². The number of nitrogens with zero attached hydrogens (tertiary/aromatic N) is 3. The summed E-state index contributed by atoms with van der Waals surface area (Å²) >= 11 is 0. The van der Waals surface area contributed by atoms with Crippen LogP contribution in [0.5, 0.6) is 0 Å². The summed E-state index contributed by atoms with van der Waals surface area (Å²) in [4.78, 5) is 9.51. The molecule has 0 amide bonds. The Morgan fingerprint density at radius 2 is 1.85 bits per heavy atom. The lowest BCUT2D eigenvalue weighted by Crippen LogP contribution is -2.49. The number of anilines is 1. The molecule has 0 spiro atoms. The van der Waals surface area contributed by atoms with Crippen LogP contribution in [0.4, 0.5) is 5.69 Å². The Kier molecular flexibility index (Phi) is 5.38. The molecule has 112 valence electrons. The van der Waals surface area contributed by atoms with Gasteiger partial charge >= 0.3 is 0 Å². The van der Waals surface area contributed by atoms with Crippen molar-refractivity contribution in [2.24, 2.45) is 5.73 Å². The molecule has 0 saturated carbocycles. The Morgan fingerprint density at radius 3 is 2.35 bits per heavy atom. The normalized spacial score (nSPS) is 19.9. The third kappa shape index (κ3) is 3.49. The van der Waals surface area contributed by atoms with Gasteiger partial charge in [0.15, 0.2) is 0 Å². The summed E-state index contributed by atoms with van der Waals surface area (Å²) in [5.41, 5.74) is 8.22. The van der Waals surface area contributed by atoms with E-state index in [0.29, 0.717) is 6.04 Å². The van der Waals surface area contributed by atoms with Crippen molar-refractivity contribution in [2.75, 3.05) is 31.1 Å². The second kappa shape index (κ2) is 7.04. The van der Waals surface area contributed by atoms with Crippen molar-refractivity contribution >= 4 is 5.69 Å². The Balaban J connectivity index is 1.93. The highest BCUT2D eigenvalue weighted by Gasteiger charge is 2.20. The van der Waals surface area contributed by atoms with E-state index in [1.807, 2.05) is 6.20 Å². The van der Waals surface area contributed by atoms with Gasteiger partial charge in [0.1, 0.15) is 0 Å². The number of nitrogens with two attached hydrogens (primary N) is 1.